The third-order valence-electron chi connectivity index (χ3n) is 4.97. The first-order valence-electron chi connectivity index (χ1n) is 9.12. The van der Waals surface area contributed by atoms with E-state index in [2.05, 4.69) is 22.0 Å². The molecule has 2 aromatic heterocycles. The Bertz CT molecular complexity index is 866. The maximum absolute atomic E-state index is 13.9. The van der Waals surface area contributed by atoms with Gasteiger partial charge in [0.05, 0.1) is 11.7 Å². The standard InChI is InChI=1S/C22H22FN3/c23-20-9-2-1-7-18(20)14-19-8-3-10-21(25-19)22-11-5-13-26(22)16-17-6-4-12-24-15-17/h1-4,6-10,12,15,22H,5,11,13-14,16H2/t22-/m1/s1. The Balaban J connectivity index is 1.53. The predicted octanol–water partition coefficient (Wildman–Crippen LogP) is 4.54. The van der Waals surface area contributed by atoms with Crippen LogP contribution in [0.15, 0.2) is 67.0 Å². The van der Waals surface area contributed by atoms with Gasteiger partial charge >= 0.3 is 0 Å². The van der Waals surface area contributed by atoms with Crippen LogP contribution in [0.25, 0.3) is 0 Å². The summed E-state index contributed by atoms with van der Waals surface area (Å²) in [6.07, 6.45) is 6.53. The lowest BCUT2D eigenvalue weighted by Crippen LogP contribution is -2.23. The number of likely N-dealkylation sites (tertiary alicyclic amines) is 1. The van der Waals surface area contributed by atoms with Crippen molar-refractivity contribution >= 4 is 0 Å². The summed E-state index contributed by atoms with van der Waals surface area (Å²) in [5.74, 6) is -0.168. The number of rotatable bonds is 5. The van der Waals surface area contributed by atoms with E-state index in [1.165, 1.54) is 18.1 Å². The van der Waals surface area contributed by atoms with Crippen LogP contribution in [0, 0.1) is 5.82 Å². The van der Waals surface area contributed by atoms with Gasteiger partial charge in [0.15, 0.2) is 0 Å². The highest BCUT2D eigenvalue weighted by atomic mass is 19.1. The highest BCUT2D eigenvalue weighted by molar-refractivity contribution is 5.25. The van der Waals surface area contributed by atoms with Crippen molar-refractivity contribution in [1.29, 1.82) is 0 Å². The number of pyridine rings is 2. The van der Waals surface area contributed by atoms with E-state index < -0.39 is 0 Å². The third-order valence-corrected chi connectivity index (χ3v) is 4.97. The first-order chi connectivity index (χ1) is 12.8. The van der Waals surface area contributed by atoms with Crippen LogP contribution in [-0.4, -0.2) is 21.4 Å². The van der Waals surface area contributed by atoms with Gasteiger partial charge in [-0.3, -0.25) is 14.9 Å². The first kappa shape index (κ1) is 16.9. The molecule has 0 aliphatic carbocycles. The Morgan fingerprint density at radius 2 is 1.96 bits per heavy atom. The fourth-order valence-corrected chi connectivity index (χ4v) is 3.70. The minimum atomic E-state index is -0.168. The molecule has 0 unspecified atom stereocenters. The molecule has 0 radical (unpaired) electrons. The van der Waals surface area contributed by atoms with Crippen LogP contribution < -0.4 is 0 Å². The zero-order chi connectivity index (χ0) is 17.8. The molecule has 1 fully saturated rings. The molecular weight excluding hydrogens is 325 g/mol. The zero-order valence-corrected chi connectivity index (χ0v) is 14.7. The van der Waals surface area contributed by atoms with Crippen molar-refractivity contribution in [3.8, 4) is 0 Å². The van der Waals surface area contributed by atoms with Gasteiger partial charge in [0.1, 0.15) is 5.82 Å². The lowest BCUT2D eigenvalue weighted by Gasteiger charge is -2.24. The predicted molar refractivity (Wildman–Crippen MR) is 100 cm³/mol. The minimum absolute atomic E-state index is 0.168. The summed E-state index contributed by atoms with van der Waals surface area (Å²) in [6.45, 7) is 1.95. The fraction of sp³-hybridized carbons (Fsp3) is 0.273. The Labute approximate surface area is 153 Å². The average Bonchev–Trinajstić information content (AvgIpc) is 3.13. The molecule has 3 heterocycles. The van der Waals surface area contributed by atoms with E-state index in [9.17, 15) is 4.39 Å². The topological polar surface area (TPSA) is 29.0 Å². The van der Waals surface area contributed by atoms with Crippen molar-refractivity contribution in [3.63, 3.8) is 0 Å². The normalized spacial score (nSPS) is 17.5. The Hall–Kier alpha value is -2.59. The maximum atomic E-state index is 13.9. The monoisotopic (exact) mass is 347 g/mol. The number of aromatic nitrogens is 2. The van der Waals surface area contributed by atoms with E-state index in [1.54, 1.807) is 12.3 Å². The Morgan fingerprint density at radius 3 is 2.81 bits per heavy atom. The van der Waals surface area contributed by atoms with Gasteiger partial charge in [0.25, 0.3) is 0 Å². The van der Waals surface area contributed by atoms with Crippen molar-refractivity contribution in [2.75, 3.05) is 6.54 Å². The number of benzene rings is 1. The minimum Gasteiger partial charge on any atom is -0.290 e. The van der Waals surface area contributed by atoms with E-state index >= 15 is 0 Å². The van der Waals surface area contributed by atoms with Crippen LogP contribution in [-0.2, 0) is 13.0 Å². The Kier molecular flexibility index (Phi) is 5.02. The van der Waals surface area contributed by atoms with Crippen LogP contribution in [0.2, 0.25) is 0 Å². The van der Waals surface area contributed by atoms with Crippen molar-refractivity contribution < 1.29 is 4.39 Å². The molecular formula is C22H22FN3. The summed E-state index contributed by atoms with van der Waals surface area (Å²) in [5, 5.41) is 0. The summed E-state index contributed by atoms with van der Waals surface area (Å²) in [5.41, 5.74) is 3.92. The van der Waals surface area contributed by atoms with Crippen LogP contribution in [0.3, 0.4) is 0 Å². The molecule has 26 heavy (non-hydrogen) atoms. The molecule has 3 nitrogen and oxygen atoms in total. The molecule has 0 N–H and O–H groups in total. The maximum Gasteiger partial charge on any atom is 0.126 e. The number of hydrogen-bond donors (Lipinski definition) is 0. The molecule has 0 saturated carbocycles. The summed E-state index contributed by atoms with van der Waals surface area (Å²) >= 11 is 0. The largest absolute Gasteiger partial charge is 0.290 e. The molecule has 1 saturated heterocycles. The number of halogens is 1. The van der Waals surface area contributed by atoms with Crippen LogP contribution >= 0.6 is 0 Å². The quantitative estimate of drug-likeness (QED) is 0.678. The van der Waals surface area contributed by atoms with Crippen molar-refractivity contribution in [2.24, 2.45) is 0 Å². The van der Waals surface area contributed by atoms with Gasteiger partial charge in [-0.1, -0.05) is 30.3 Å². The molecule has 1 atom stereocenters. The van der Waals surface area contributed by atoms with E-state index in [-0.39, 0.29) is 5.82 Å². The van der Waals surface area contributed by atoms with Crippen molar-refractivity contribution in [1.82, 2.24) is 14.9 Å². The highest BCUT2D eigenvalue weighted by Gasteiger charge is 2.27. The Morgan fingerprint density at radius 1 is 1.04 bits per heavy atom. The molecule has 0 amide bonds. The lowest BCUT2D eigenvalue weighted by molar-refractivity contribution is 0.244. The van der Waals surface area contributed by atoms with E-state index in [1.807, 2.05) is 36.5 Å². The fourth-order valence-electron chi connectivity index (χ4n) is 3.70. The smallest absolute Gasteiger partial charge is 0.126 e. The molecule has 3 aromatic rings. The second-order valence-corrected chi connectivity index (χ2v) is 6.81. The van der Waals surface area contributed by atoms with E-state index in [0.29, 0.717) is 18.0 Å². The summed E-state index contributed by atoms with van der Waals surface area (Å²) < 4.78 is 13.9. The highest BCUT2D eigenvalue weighted by Crippen LogP contribution is 2.32. The third kappa shape index (κ3) is 3.81. The number of nitrogens with zero attached hydrogens (tertiary/aromatic N) is 3. The molecule has 132 valence electrons. The SMILES string of the molecule is Fc1ccccc1Cc1cccc([C@H]2CCCN2Cc2cccnc2)n1. The van der Waals surface area contributed by atoms with E-state index in [4.69, 9.17) is 4.98 Å². The van der Waals surface area contributed by atoms with Gasteiger partial charge in [-0.05, 0) is 54.8 Å². The molecule has 4 rings (SSSR count). The average molecular weight is 347 g/mol. The van der Waals surface area contributed by atoms with Gasteiger partial charge in [-0.15, -0.1) is 0 Å². The molecule has 1 aliphatic heterocycles. The molecule has 0 spiro atoms. The second kappa shape index (κ2) is 7.75. The molecule has 1 aromatic carbocycles. The number of hydrogen-bond acceptors (Lipinski definition) is 3. The van der Waals surface area contributed by atoms with Crippen LogP contribution in [0.4, 0.5) is 4.39 Å². The van der Waals surface area contributed by atoms with Gasteiger partial charge in [0.2, 0.25) is 0 Å². The van der Waals surface area contributed by atoms with Crippen molar-refractivity contribution in [2.45, 2.75) is 31.8 Å². The van der Waals surface area contributed by atoms with Gasteiger partial charge in [-0.25, -0.2) is 4.39 Å². The van der Waals surface area contributed by atoms with Crippen LogP contribution in [0.1, 0.15) is 41.4 Å². The lowest BCUT2D eigenvalue weighted by atomic mass is 10.1. The first-order valence-corrected chi connectivity index (χ1v) is 9.12. The van der Waals surface area contributed by atoms with Gasteiger partial charge in [0, 0.05) is 31.1 Å². The summed E-state index contributed by atoms with van der Waals surface area (Å²) in [6, 6.07) is 17.5. The molecule has 4 heteroatoms. The molecule has 0 bridgehead atoms. The summed E-state index contributed by atoms with van der Waals surface area (Å²) in [7, 11) is 0. The molecule has 1 aliphatic rings. The van der Waals surface area contributed by atoms with E-state index in [0.717, 1.165) is 30.9 Å². The van der Waals surface area contributed by atoms with Crippen molar-refractivity contribution in [3.05, 3.63) is 95.3 Å². The van der Waals surface area contributed by atoms with Crippen LogP contribution in [0.5, 0.6) is 0 Å². The van der Waals surface area contributed by atoms with Gasteiger partial charge in [-0.2, -0.15) is 0 Å². The summed E-state index contributed by atoms with van der Waals surface area (Å²) in [4.78, 5) is 11.5. The zero-order valence-electron chi connectivity index (χ0n) is 14.7. The van der Waals surface area contributed by atoms with Gasteiger partial charge < -0.3 is 0 Å². The second-order valence-electron chi connectivity index (χ2n) is 6.81.